The van der Waals surface area contributed by atoms with Crippen molar-refractivity contribution in [2.24, 2.45) is 5.41 Å². The molecule has 0 atom stereocenters. The van der Waals surface area contributed by atoms with E-state index < -0.39 is 21.3 Å². The van der Waals surface area contributed by atoms with Gasteiger partial charge >= 0.3 is 0 Å². The van der Waals surface area contributed by atoms with Gasteiger partial charge in [0.25, 0.3) is 0 Å². The van der Waals surface area contributed by atoms with E-state index in [0.717, 1.165) is 25.2 Å². The Morgan fingerprint density at radius 3 is 2.25 bits per heavy atom. The quantitative estimate of drug-likeness (QED) is 0.749. The molecule has 2 aliphatic rings. The van der Waals surface area contributed by atoms with Crippen LogP contribution in [0.3, 0.4) is 0 Å². The first-order chi connectivity index (χ1) is 12.9. The van der Waals surface area contributed by atoms with Crippen molar-refractivity contribution in [1.29, 1.82) is 0 Å². The lowest BCUT2D eigenvalue weighted by molar-refractivity contribution is -0.148. The molecule has 0 radical (unpaired) electrons. The number of methoxy groups -OCH3 is 1. The maximum absolute atomic E-state index is 13.1. The standard InChI is InChI=1S/C18H26FN3O4S.ClH/c1-26-14-18(6-8-20-9-7-18)17(23)21-10-12-22(13-11-21)27(24,25)16-4-2-15(19)3-5-16;/h2-5,20H,6-14H2,1H3;1H. The SMILES string of the molecule is COCC1(C(=O)N2CCN(S(=O)(=O)c3ccc(F)cc3)CC2)CCNCC1.Cl. The molecule has 0 spiro atoms. The van der Waals surface area contributed by atoms with E-state index in [9.17, 15) is 17.6 Å². The predicted octanol–water partition coefficient (Wildman–Crippen LogP) is 1.10. The van der Waals surface area contributed by atoms with Gasteiger partial charge in [0.1, 0.15) is 5.82 Å². The van der Waals surface area contributed by atoms with Crippen molar-refractivity contribution in [3.8, 4) is 0 Å². The molecule has 2 heterocycles. The summed E-state index contributed by atoms with van der Waals surface area (Å²) in [7, 11) is -2.08. The van der Waals surface area contributed by atoms with Crippen LogP contribution in [0.2, 0.25) is 0 Å². The van der Waals surface area contributed by atoms with E-state index in [4.69, 9.17) is 4.74 Å². The van der Waals surface area contributed by atoms with Gasteiger partial charge < -0.3 is 15.0 Å². The first kappa shape index (κ1) is 23.0. The number of piperazine rings is 1. The number of nitrogens with zero attached hydrogens (tertiary/aromatic N) is 2. The fourth-order valence-corrected chi connectivity index (χ4v) is 5.25. The van der Waals surface area contributed by atoms with E-state index in [2.05, 4.69) is 5.32 Å². The molecule has 2 saturated heterocycles. The lowest BCUT2D eigenvalue weighted by Gasteiger charge is -2.42. The summed E-state index contributed by atoms with van der Waals surface area (Å²) in [5.41, 5.74) is -0.530. The molecule has 10 heteroatoms. The first-order valence-electron chi connectivity index (χ1n) is 9.14. The van der Waals surface area contributed by atoms with Crippen LogP contribution in [0.4, 0.5) is 4.39 Å². The maximum Gasteiger partial charge on any atom is 0.243 e. The lowest BCUT2D eigenvalue weighted by Crippen LogP contribution is -2.57. The number of ether oxygens (including phenoxy) is 1. The zero-order chi connectivity index (χ0) is 19.5. The molecule has 28 heavy (non-hydrogen) atoms. The number of sulfonamides is 1. The van der Waals surface area contributed by atoms with Crippen molar-refractivity contribution in [2.75, 3.05) is 53.0 Å². The van der Waals surface area contributed by atoms with Crippen LogP contribution in [0.1, 0.15) is 12.8 Å². The van der Waals surface area contributed by atoms with Crippen LogP contribution in [-0.2, 0) is 19.6 Å². The number of carbonyl (C=O) groups excluding carboxylic acids is 1. The number of amides is 1. The van der Waals surface area contributed by atoms with Gasteiger partial charge in [-0.3, -0.25) is 4.79 Å². The van der Waals surface area contributed by atoms with Crippen LogP contribution in [0.15, 0.2) is 29.2 Å². The van der Waals surface area contributed by atoms with Crippen molar-refractivity contribution in [3.63, 3.8) is 0 Å². The average molecular weight is 436 g/mol. The summed E-state index contributed by atoms with van der Waals surface area (Å²) in [6.07, 6.45) is 1.43. The number of rotatable bonds is 5. The third-order valence-corrected chi connectivity index (χ3v) is 7.33. The summed E-state index contributed by atoms with van der Waals surface area (Å²) in [5.74, 6) is -0.431. The van der Waals surface area contributed by atoms with Crippen molar-refractivity contribution in [2.45, 2.75) is 17.7 Å². The summed E-state index contributed by atoms with van der Waals surface area (Å²) in [4.78, 5) is 15.0. The minimum Gasteiger partial charge on any atom is -0.384 e. The number of benzene rings is 1. The molecule has 0 bridgehead atoms. The van der Waals surface area contributed by atoms with Crippen LogP contribution in [0.25, 0.3) is 0 Å². The molecule has 0 saturated carbocycles. The molecule has 158 valence electrons. The molecule has 0 aromatic heterocycles. The third-order valence-electron chi connectivity index (χ3n) is 5.41. The highest BCUT2D eigenvalue weighted by Crippen LogP contribution is 2.32. The van der Waals surface area contributed by atoms with Gasteiger partial charge in [0.05, 0.1) is 16.9 Å². The van der Waals surface area contributed by atoms with E-state index in [1.807, 2.05) is 0 Å². The molecular weight excluding hydrogens is 409 g/mol. The van der Waals surface area contributed by atoms with Gasteiger partial charge in [-0.05, 0) is 50.2 Å². The number of halogens is 2. The van der Waals surface area contributed by atoms with Crippen LogP contribution in [0, 0.1) is 11.2 Å². The van der Waals surface area contributed by atoms with Crippen LogP contribution >= 0.6 is 12.4 Å². The van der Waals surface area contributed by atoms with Crippen molar-refractivity contribution in [1.82, 2.24) is 14.5 Å². The van der Waals surface area contributed by atoms with Crippen molar-refractivity contribution in [3.05, 3.63) is 30.1 Å². The van der Waals surface area contributed by atoms with Gasteiger partial charge in [-0.25, -0.2) is 12.8 Å². The van der Waals surface area contributed by atoms with Crippen molar-refractivity contribution < 1.29 is 22.3 Å². The Bertz CT molecular complexity index is 756. The Kier molecular flexibility index (Phi) is 7.81. The van der Waals surface area contributed by atoms with Gasteiger partial charge in [-0.1, -0.05) is 0 Å². The average Bonchev–Trinajstić information content (AvgIpc) is 2.69. The van der Waals surface area contributed by atoms with E-state index in [1.165, 1.54) is 16.4 Å². The van der Waals surface area contributed by atoms with Crippen LogP contribution in [0.5, 0.6) is 0 Å². The molecule has 7 nitrogen and oxygen atoms in total. The fourth-order valence-electron chi connectivity index (χ4n) is 3.82. The molecule has 0 unspecified atom stereocenters. The summed E-state index contributed by atoms with van der Waals surface area (Å²) in [5, 5.41) is 3.26. The highest BCUT2D eigenvalue weighted by atomic mass is 35.5. The molecule has 0 aliphatic carbocycles. The summed E-state index contributed by atoms with van der Waals surface area (Å²) >= 11 is 0. The predicted molar refractivity (Wildman–Crippen MR) is 105 cm³/mol. The minimum absolute atomic E-state index is 0. The molecular formula is C18H27ClFN3O4S. The second-order valence-electron chi connectivity index (χ2n) is 7.11. The smallest absolute Gasteiger partial charge is 0.243 e. The molecule has 1 aromatic rings. The van der Waals surface area contributed by atoms with Crippen molar-refractivity contribution >= 4 is 28.3 Å². The Morgan fingerprint density at radius 1 is 1.14 bits per heavy atom. The first-order valence-corrected chi connectivity index (χ1v) is 10.6. The summed E-state index contributed by atoms with van der Waals surface area (Å²) < 4.78 is 45.2. The van der Waals surface area contributed by atoms with E-state index in [-0.39, 0.29) is 36.3 Å². The Hall–Kier alpha value is -1.26. The van der Waals surface area contributed by atoms with Gasteiger partial charge in [-0.2, -0.15) is 4.31 Å². The maximum atomic E-state index is 13.1. The van der Waals surface area contributed by atoms with Gasteiger partial charge in [-0.15, -0.1) is 12.4 Å². The molecule has 3 rings (SSSR count). The third kappa shape index (κ3) is 4.65. The largest absolute Gasteiger partial charge is 0.384 e. The van der Waals surface area contributed by atoms with E-state index >= 15 is 0 Å². The Morgan fingerprint density at radius 2 is 1.71 bits per heavy atom. The van der Waals surface area contributed by atoms with E-state index in [1.54, 1.807) is 12.0 Å². The normalized spacial score (nSPS) is 20.4. The highest BCUT2D eigenvalue weighted by Gasteiger charge is 2.43. The topological polar surface area (TPSA) is 79.0 Å². The second kappa shape index (κ2) is 9.49. The Labute approximate surface area is 171 Å². The fraction of sp³-hybridized carbons (Fsp3) is 0.611. The van der Waals surface area contributed by atoms with E-state index in [0.29, 0.717) is 32.5 Å². The molecule has 2 fully saturated rings. The summed E-state index contributed by atoms with van der Waals surface area (Å²) in [6, 6.07) is 4.81. The zero-order valence-electron chi connectivity index (χ0n) is 15.9. The van der Waals surface area contributed by atoms with Gasteiger partial charge in [0.15, 0.2) is 0 Å². The van der Waals surface area contributed by atoms with Gasteiger partial charge in [0.2, 0.25) is 15.9 Å². The molecule has 1 amide bonds. The number of hydrogen-bond donors (Lipinski definition) is 1. The molecule has 2 aliphatic heterocycles. The molecule has 1 N–H and O–H groups in total. The monoisotopic (exact) mass is 435 g/mol. The number of hydrogen-bond acceptors (Lipinski definition) is 5. The number of piperidine rings is 1. The number of nitrogens with one attached hydrogen (secondary N) is 1. The minimum atomic E-state index is -3.68. The summed E-state index contributed by atoms with van der Waals surface area (Å²) in [6.45, 7) is 3.07. The molecule has 1 aromatic carbocycles. The number of carbonyl (C=O) groups is 1. The lowest BCUT2D eigenvalue weighted by atomic mass is 9.78. The van der Waals surface area contributed by atoms with Crippen LogP contribution in [-0.4, -0.2) is 76.5 Å². The second-order valence-corrected chi connectivity index (χ2v) is 9.05. The highest BCUT2D eigenvalue weighted by molar-refractivity contribution is 7.89. The van der Waals surface area contributed by atoms with Crippen LogP contribution < -0.4 is 5.32 Å². The zero-order valence-corrected chi connectivity index (χ0v) is 17.5. The Balaban J connectivity index is 0.00000280. The van der Waals surface area contributed by atoms with Gasteiger partial charge in [0, 0.05) is 33.3 Å².